The zero-order chi connectivity index (χ0) is 19.2. The van der Waals surface area contributed by atoms with E-state index in [0.717, 1.165) is 13.1 Å². The molecule has 0 bridgehead atoms. The summed E-state index contributed by atoms with van der Waals surface area (Å²) in [6.45, 7) is 11.3. The smallest absolute Gasteiger partial charge is 0.240 e. The minimum absolute atomic E-state index is 0.162. The molecule has 2 rings (SSSR count). The Morgan fingerprint density at radius 2 is 1.73 bits per heavy atom. The Hall–Kier alpha value is -1.35. The zero-order valence-corrected chi connectivity index (χ0v) is 16.8. The maximum atomic E-state index is 12.6. The number of benzene rings is 1. The third-order valence-electron chi connectivity index (χ3n) is 4.04. The predicted molar refractivity (Wildman–Crippen MR) is 100 cm³/mol. The molecule has 1 saturated heterocycles. The fraction of sp³-hybridized carbons (Fsp3) is 0.667. The summed E-state index contributed by atoms with van der Waals surface area (Å²) in [6, 6.07) is 4.68. The van der Waals surface area contributed by atoms with Gasteiger partial charge in [-0.05, 0) is 39.8 Å². The molecule has 8 heteroatoms. The number of hydrogen-bond acceptors (Lipinski definition) is 6. The summed E-state index contributed by atoms with van der Waals surface area (Å²) in [5.41, 5.74) is 0. The first-order valence-corrected chi connectivity index (χ1v) is 10.6. The molecule has 2 unspecified atom stereocenters. The van der Waals surface area contributed by atoms with E-state index in [2.05, 4.69) is 9.62 Å². The first-order chi connectivity index (χ1) is 12.4. The molecule has 0 radical (unpaired) electrons. The molecule has 1 N–H and O–H groups in total. The van der Waals surface area contributed by atoms with Crippen LogP contribution in [0.2, 0.25) is 0 Å². The average Bonchev–Trinajstić information content (AvgIpc) is 2.55. The van der Waals surface area contributed by atoms with E-state index in [9.17, 15) is 8.42 Å². The molecule has 1 aromatic rings. The van der Waals surface area contributed by atoms with E-state index >= 15 is 0 Å². The van der Waals surface area contributed by atoms with Crippen LogP contribution in [0.4, 0.5) is 0 Å². The fourth-order valence-corrected chi connectivity index (χ4v) is 4.12. The Kier molecular flexibility index (Phi) is 7.69. The van der Waals surface area contributed by atoms with E-state index < -0.39 is 10.0 Å². The molecular weight excluding hydrogens is 356 g/mol. The Morgan fingerprint density at radius 3 is 2.35 bits per heavy atom. The van der Waals surface area contributed by atoms with Crippen LogP contribution >= 0.6 is 0 Å². The van der Waals surface area contributed by atoms with Crippen LogP contribution in [0, 0.1) is 0 Å². The molecule has 1 aliphatic rings. The molecule has 1 aliphatic heterocycles. The Balaban J connectivity index is 1.99. The first-order valence-electron chi connectivity index (χ1n) is 9.12. The molecule has 0 saturated carbocycles. The highest BCUT2D eigenvalue weighted by molar-refractivity contribution is 7.89. The average molecular weight is 387 g/mol. The van der Waals surface area contributed by atoms with Gasteiger partial charge in [0, 0.05) is 32.2 Å². The van der Waals surface area contributed by atoms with Crippen molar-refractivity contribution in [3.8, 4) is 11.5 Å². The van der Waals surface area contributed by atoms with Crippen LogP contribution in [0.15, 0.2) is 23.1 Å². The van der Waals surface area contributed by atoms with Crippen molar-refractivity contribution in [1.29, 1.82) is 0 Å². The van der Waals surface area contributed by atoms with Gasteiger partial charge in [0.2, 0.25) is 10.0 Å². The molecule has 148 valence electrons. The topological polar surface area (TPSA) is 77.1 Å². The van der Waals surface area contributed by atoms with E-state index in [1.54, 1.807) is 6.07 Å². The van der Waals surface area contributed by atoms with Gasteiger partial charge in [-0.25, -0.2) is 13.1 Å². The number of morpholine rings is 1. The van der Waals surface area contributed by atoms with Gasteiger partial charge in [0.15, 0.2) is 11.5 Å². The Labute approximate surface area is 156 Å². The number of sulfonamides is 1. The third-order valence-corrected chi connectivity index (χ3v) is 5.50. The number of nitrogens with one attached hydrogen (secondary N) is 1. The van der Waals surface area contributed by atoms with E-state index in [-0.39, 0.29) is 17.1 Å². The number of nitrogens with zero attached hydrogens (tertiary/aromatic N) is 1. The fourth-order valence-electron chi connectivity index (χ4n) is 3.09. The second-order valence-corrected chi connectivity index (χ2v) is 8.16. The lowest BCUT2D eigenvalue weighted by Gasteiger charge is -2.35. The van der Waals surface area contributed by atoms with E-state index in [0.29, 0.717) is 37.8 Å². The van der Waals surface area contributed by atoms with Crippen molar-refractivity contribution in [2.75, 3.05) is 39.4 Å². The number of hydrogen-bond donors (Lipinski definition) is 1. The summed E-state index contributed by atoms with van der Waals surface area (Å²) in [6.07, 6.45) is 0.324. The Morgan fingerprint density at radius 1 is 1.12 bits per heavy atom. The van der Waals surface area contributed by atoms with Crippen molar-refractivity contribution in [3.63, 3.8) is 0 Å². The van der Waals surface area contributed by atoms with Crippen LogP contribution in [0.3, 0.4) is 0 Å². The lowest BCUT2D eigenvalue weighted by atomic mass is 10.2. The molecule has 1 heterocycles. The van der Waals surface area contributed by atoms with Crippen molar-refractivity contribution in [3.05, 3.63) is 18.2 Å². The second-order valence-electron chi connectivity index (χ2n) is 6.39. The van der Waals surface area contributed by atoms with E-state index in [1.165, 1.54) is 12.1 Å². The zero-order valence-electron chi connectivity index (χ0n) is 16.0. The SMILES string of the molecule is CCOc1ccc(S(=O)(=O)NCCN2CC(C)OC(C)C2)cc1OCC. The monoisotopic (exact) mass is 386 g/mol. The molecule has 26 heavy (non-hydrogen) atoms. The summed E-state index contributed by atoms with van der Waals surface area (Å²) in [5.74, 6) is 0.984. The molecule has 7 nitrogen and oxygen atoms in total. The summed E-state index contributed by atoms with van der Waals surface area (Å²) in [7, 11) is -3.60. The normalized spacial score (nSPS) is 21.5. The van der Waals surface area contributed by atoms with Crippen LogP contribution in [-0.2, 0) is 14.8 Å². The largest absolute Gasteiger partial charge is 0.490 e. The van der Waals surface area contributed by atoms with Gasteiger partial charge in [-0.15, -0.1) is 0 Å². The quantitative estimate of drug-likeness (QED) is 0.698. The summed E-state index contributed by atoms with van der Waals surface area (Å²) in [4.78, 5) is 2.39. The highest BCUT2D eigenvalue weighted by atomic mass is 32.2. The van der Waals surface area contributed by atoms with Crippen LogP contribution in [0.5, 0.6) is 11.5 Å². The molecule has 2 atom stereocenters. The van der Waals surface area contributed by atoms with E-state index in [4.69, 9.17) is 14.2 Å². The third kappa shape index (κ3) is 5.84. The minimum Gasteiger partial charge on any atom is -0.490 e. The first kappa shape index (κ1) is 21.0. The van der Waals surface area contributed by atoms with Crippen molar-refractivity contribution in [1.82, 2.24) is 9.62 Å². The predicted octanol–water partition coefficient (Wildman–Crippen LogP) is 1.87. The standard InChI is InChI=1S/C18H30N2O5S/c1-5-23-17-8-7-16(11-18(17)24-6-2)26(21,22)19-9-10-20-12-14(3)25-15(4)13-20/h7-8,11,14-15,19H,5-6,9-10,12-13H2,1-4H3. The lowest BCUT2D eigenvalue weighted by Crippen LogP contribution is -2.47. The summed E-state index contributed by atoms with van der Waals surface area (Å²) in [5, 5.41) is 0. The molecule has 0 spiro atoms. The number of ether oxygens (including phenoxy) is 3. The van der Waals surface area contributed by atoms with Gasteiger partial charge in [0.25, 0.3) is 0 Å². The van der Waals surface area contributed by atoms with Crippen molar-refractivity contribution >= 4 is 10.0 Å². The molecule has 1 fully saturated rings. The summed E-state index contributed by atoms with van der Waals surface area (Å²) < 4.78 is 44.5. The summed E-state index contributed by atoms with van der Waals surface area (Å²) >= 11 is 0. The van der Waals surface area contributed by atoms with Crippen molar-refractivity contribution in [2.45, 2.75) is 44.8 Å². The lowest BCUT2D eigenvalue weighted by molar-refractivity contribution is -0.0671. The van der Waals surface area contributed by atoms with Gasteiger partial charge < -0.3 is 14.2 Å². The van der Waals surface area contributed by atoms with Gasteiger partial charge >= 0.3 is 0 Å². The maximum Gasteiger partial charge on any atom is 0.240 e. The van der Waals surface area contributed by atoms with E-state index in [1.807, 2.05) is 27.7 Å². The van der Waals surface area contributed by atoms with Crippen LogP contribution in [0.25, 0.3) is 0 Å². The van der Waals surface area contributed by atoms with Gasteiger partial charge in [0.05, 0.1) is 30.3 Å². The Bertz CT molecular complexity index is 670. The van der Waals surface area contributed by atoms with Gasteiger partial charge in [-0.3, -0.25) is 4.90 Å². The van der Waals surface area contributed by atoms with Crippen LogP contribution in [-0.4, -0.2) is 64.9 Å². The maximum absolute atomic E-state index is 12.6. The number of rotatable bonds is 9. The molecule has 0 amide bonds. The highest BCUT2D eigenvalue weighted by Crippen LogP contribution is 2.30. The molecule has 1 aromatic carbocycles. The minimum atomic E-state index is -3.60. The van der Waals surface area contributed by atoms with Crippen LogP contribution < -0.4 is 14.2 Å². The second kappa shape index (κ2) is 9.55. The van der Waals surface area contributed by atoms with Gasteiger partial charge in [-0.1, -0.05) is 0 Å². The van der Waals surface area contributed by atoms with Crippen LogP contribution in [0.1, 0.15) is 27.7 Å². The van der Waals surface area contributed by atoms with Crippen molar-refractivity contribution in [2.24, 2.45) is 0 Å². The van der Waals surface area contributed by atoms with Gasteiger partial charge in [-0.2, -0.15) is 0 Å². The van der Waals surface area contributed by atoms with Gasteiger partial charge in [0.1, 0.15) is 0 Å². The highest BCUT2D eigenvalue weighted by Gasteiger charge is 2.23. The molecule has 0 aliphatic carbocycles. The van der Waals surface area contributed by atoms with Crippen molar-refractivity contribution < 1.29 is 22.6 Å². The molecule has 0 aromatic heterocycles. The molecular formula is C18H30N2O5S.